The summed E-state index contributed by atoms with van der Waals surface area (Å²) in [5.74, 6) is 0.565. The molecule has 0 fully saturated rings. The van der Waals surface area contributed by atoms with E-state index in [0.717, 1.165) is 12.1 Å². The van der Waals surface area contributed by atoms with Crippen LogP contribution in [0, 0.1) is 0 Å². The highest BCUT2D eigenvalue weighted by atomic mass is 32.2. The van der Waals surface area contributed by atoms with Crippen LogP contribution in [0.15, 0.2) is 40.9 Å². The van der Waals surface area contributed by atoms with E-state index in [2.05, 4.69) is 23.7 Å². The zero-order valence-corrected chi connectivity index (χ0v) is 12.4. The molecule has 0 spiro atoms. The van der Waals surface area contributed by atoms with Gasteiger partial charge in [0.15, 0.2) is 17.2 Å². The van der Waals surface area contributed by atoms with E-state index in [1.165, 1.54) is 0 Å². The van der Waals surface area contributed by atoms with Crippen LogP contribution in [0.5, 0.6) is 0 Å². The van der Waals surface area contributed by atoms with Gasteiger partial charge in [-0.05, 0) is 6.26 Å². The highest BCUT2D eigenvalue weighted by molar-refractivity contribution is 7.99. The molecule has 2 aromatic rings. The van der Waals surface area contributed by atoms with Gasteiger partial charge in [-0.1, -0.05) is 42.4 Å². The molecule has 1 heterocycles. The highest BCUT2D eigenvalue weighted by Gasteiger charge is 2.13. The molecule has 0 saturated carbocycles. The molecule has 0 aliphatic carbocycles. The summed E-state index contributed by atoms with van der Waals surface area (Å²) in [5, 5.41) is 7.46. The number of carbonyl (C=O) groups excluding carboxylic acids is 1. The fourth-order valence-electron chi connectivity index (χ4n) is 1.71. The third-order valence-corrected chi connectivity index (χ3v) is 3.95. The molecule has 2 rings (SSSR count). The third-order valence-electron chi connectivity index (χ3n) is 2.97. The summed E-state index contributed by atoms with van der Waals surface area (Å²) in [6, 6.07) is 11.3. The Morgan fingerprint density at radius 2 is 2.15 bits per heavy atom. The van der Waals surface area contributed by atoms with Crippen molar-refractivity contribution < 1.29 is 9.32 Å². The number of aromatic nitrogens is 1. The lowest BCUT2D eigenvalue weighted by molar-refractivity contribution is 0.0983. The quantitative estimate of drug-likeness (QED) is 0.795. The molecule has 1 unspecified atom stereocenters. The predicted molar refractivity (Wildman–Crippen MR) is 82.1 cm³/mol. The molecule has 0 radical (unpaired) electrons. The minimum absolute atomic E-state index is 0.0516. The van der Waals surface area contributed by atoms with Gasteiger partial charge >= 0.3 is 0 Å². The maximum atomic E-state index is 12.0. The van der Waals surface area contributed by atoms with Crippen molar-refractivity contribution >= 4 is 17.5 Å². The highest BCUT2D eigenvalue weighted by Crippen LogP contribution is 2.19. The molecule has 1 aromatic carbocycles. The van der Waals surface area contributed by atoms with E-state index in [0.29, 0.717) is 16.7 Å². The summed E-state index contributed by atoms with van der Waals surface area (Å²) in [6.07, 6.45) is 2.05. The van der Waals surface area contributed by atoms with Gasteiger partial charge in [0, 0.05) is 23.4 Å². The van der Waals surface area contributed by atoms with Crippen LogP contribution in [0.3, 0.4) is 0 Å². The summed E-state index contributed by atoms with van der Waals surface area (Å²) in [4.78, 5) is 12.0. The van der Waals surface area contributed by atoms with Crippen molar-refractivity contribution in [1.82, 2.24) is 10.5 Å². The van der Waals surface area contributed by atoms with E-state index in [1.54, 1.807) is 17.8 Å². The lowest BCUT2D eigenvalue weighted by Crippen LogP contribution is -2.28. The third kappa shape index (κ3) is 3.95. The van der Waals surface area contributed by atoms with Crippen molar-refractivity contribution in [2.45, 2.75) is 12.2 Å². The van der Waals surface area contributed by atoms with E-state index in [4.69, 9.17) is 4.52 Å². The average molecular weight is 290 g/mol. The van der Waals surface area contributed by atoms with E-state index < -0.39 is 0 Å². The van der Waals surface area contributed by atoms with Crippen molar-refractivity contribution in [1.29, 1.82) is 0 Å². The van der Waals surface area contributed by atoms with E-state index in [-0.39, 0.29) is 12.3 Å². The first-order valence-electron chi connectivity index (χ1n) is 6.49. The second-order valence-electron chi connectivity index (χ2n) is 4.54. The number of carbonyl (C=O) groups is 1. The average Bonchev–Trinajstić information content (AvgIpc) is 2.97. The minimum atomic E-state index is -0.0516. The van der Waals surface area contributed by atoms with Gasteiger partial charge in [-0.2, -0.15) is 11.8 Å². The zero-order chi connectivity index (χ0) is 14.4. The number of hydrogen-bond acceptors (Lipinski definition) is 5. The molecule has 1 N–H and O–H groups in total. The molecule has 1 atom stereocenters. The molecule has 0 bridgehead atoms. The van der Waals surface area contributed by atoms with E-state index in [1.807, 2.05) is 30.3 Å². The summed E-state index contributed by atoms with van der Waals surface area (Å²) in [7, 11) is 0. The van der Waals surface area contributed by atoms with Crippen LogP contribution in [0.1, 0.15) is 17.4 Å². The Morgan fingerprint density at radius 3 is 2.85 bits per heavy atom. The van der Waals surface area contributed by atoms with Crippen molar-refractivity contribution in [2.75, 3.05) is 19.3 Å². The predicted octanol–water partition coefficient (Wildman–Crippen LogP) is 2.87. The van der Waals surface area contributed by atoms with Crippen LogP contribution in [0.25, 0.3) is 11.3 Å². The van der Waals surface area contributed by atoms with Gasteiger partial charge in [0.05, 0.1) is 6.54 Å². The van der Waals surface area contributed by atoms with Gasteiger partial charge in [-0.3, -0.25) is 4.79 Å². The summed E-state index contributed by atoms with van der Waals surface area (Å²) < 4.78 is 5.22. The first-order chi connectivity index (χ1) is 9.70. The monoisotopic (exact) mass is 290 g/mol. The van der Waals surface area contributed by atoms with E-state index in [9.17, 15) is 4.79 Å². The van der Waals surface area contributed by atoms with Gasteiger partial charge in [0.1, 0.15) is 0 Å². The number of rotatable bonds is 7. The van der Waals surface area contributed by atoms with Gasteiger partial charge in [0.25, 0.3) is 0 Å². The minimum Gasteiger partial charge on any atom is -0.356 e. The topological polar surface area (TPSA) is 55.1 Å². The van der Waals surface area contributed by atoms with E-state index >= 15 is 0 Å². The Hall–Kier alpha value is -1.59. The maximum Gasteiger partial charge on any atom is 0.198 e. The molecule has 5 heteroatoms. The molecule has 0 aliphatic rings. The van der Waals surface area contributed by atoms with Crippen LogP contribution < -0.4 is 5.32 Å². The second kappa shape index (κ2) is 7.26. The first kappa shape index (κ1) is 14.8. The number of nitrogens with zero attached hydrogens (tertiary/aromatic N) is 1. The standard InChI is InChI=1S/C15H18N2O2S/c1-11(20-2)9-16-10-14(18)13-8-15(19-17-13)12-6-4-3-5-7-12/h3-8,11,16H,9-10H2,1-2H3. The number of Topliss-reactive ketones (excluding diaryl/α,β-unsaturated/α-hetero) is 1. The summed E-state index contributed by atoms with van der Waals surface area (Å²) >= 11 is 1.77. The molecule has 106 valence electrons. The Morgan fingerprint density at radius 1 is 1.40 bits per heavy atom. The fraction of sp³-hybridized carbons (Fsp3) is 0.333. The molecular formula is C15H18N2O2S. The van der Waals surface area contributed by atoms with Gasteiger partial charge in [-0.15, -0.1) is 0 Å². The van der Waals surface area contributed by atoms with Crippen LogP contribution in [0.2, 0.25) is 0 Å². The fourth-order valence-corrected chi connectivity index (χ4v) is 1.99. The van der Waals surface area contributed by atoms with Crippen molar-refractivity contribution in [2.24, 2.45) is 0 Å². The number of ketones is 1. The lowest BCUT2D eigenvalue weighted by Gasteiger charge is -2.07. The van der Waals surface area contributed by atoms with Crippen molar-refractivity contribution in [3.8, 4) is 11.3 Å². The first-order valence-corrected chi connectivity index (χ1v) is 7.78. The normalized spacial score (nSPS) is 12.3. The van der Waals surface area contributed by atoms with Crippen LogP contribution in [-0.2, 0) is 0 Å². The SMILES string of the molecule is CSC(C)CNCC(=O)c1cc(-c2ccccc2)on1. The largest absolute Gasteiger partial charge is 0.356 e. The van der Waals surface area contributed by atoms with Crippen LogP contribution in [-0.4, -0.2) is 35.5 Å². The summed E-state index contributed by atoms with van der Waals surface area (Å²) in [6.45, 7) is 3.20. The summed E-state index contributed by atoms with van der Waals surface area (Å²) in [5.41, 5.74) is 1.29. The number of hydrogen-bond donors (Lipinski definition) is 1. The lowest BCUT2D eigenvalue weighted by atomic mass is 10.1. The Labute approximate surface area is 122 Å². The van der Waals surface area contributed by atoms with Gasteiger partial charge < -0.3 is 9.84 Å². The molecule has 0 saturated heterocycles. The van der Waals surface area contributed by atoms with Gasteiger partial charge in [0.2, 0.25) is 0 Å². The Kier molecular flexibility index (Phi) is 5.38. The molecule has 4 nitrogen and oxygen atoms in total. The zero-order valence-electron chi connectivity index (χ0n) is 11.6. The maximum absolute atomic E-state index is 12.0. The molecule has 20 heavy (non-hydrogen) atoms. The van der Waals surface area contributed by atoms with Crippen molar-refractivity contribution in [3.63, 3.8) is 0 Å². The second-order valence-corrected chi connectivity index (χ2v) is 5.82. The molecule has 0 amide bonds. The molecule has 1 aromatic heterocycles. The molecular weight excluding hydrogens is 272 g/mol. The van der Waals surface area contributed by atoms with Gasteiger partial charge in [-0.25, -0.2) is 0 Å². The molecule has 0 aliphatic heterocycles. The Balaban J connectivity index is 1.93. The number of thioether (sulfide) groups is 1. The van der Waals surface area contributed by atoms with Crippen LogP contribution >= 0.6 is 11.8 Å². The van der Waals surface area contributed by atoms with Crippen LogP contribution in [0.4, 0.5) is 0 Å². The number of nitrogens with one attached hydrogen (secondary N) is 1. The number of benzene rings is 1. The Bertz CT molecular complexity index is 554. The smallest absolute Gasteiger partial charge is 0.198 e. The van der Waals surface area contributed by atoms with Crippen molar-refractivity contribution in [3.05, 3.63) is 42.1 Å².